The minimum atomic E-state index is -0.218. The predicted molar refractivity (Wildman–Crippen MR) is 206 cm³/mol. The molecule has 0 unspecified atom stereocenters. The molecule has 3 rings (SSSR count). The van der Waals surface area contributed by atoms with E-state index in [1.165, 1.54) is 0 Å². The second-order valence-corrected chi connectivity index (χ2v) is 15.3. The Labute approximate surface area is 299 Å². The molecule has 0 bridgehead atoms. The molecule has 0 spiro atoms. The van der Waals surface area contributed by atoms with Gasteiger partial charge in [0.25, 0.3) is 5.56 Å². The van der Waals surface area contributed by atoms with Gasteiger partial charge in [0.1, 0.15) is 5.82 Å². The molecule has 1 aromatic carbocycles. The van der Waals surface area contributed by atoms with Crippen molar-refractivity contribution >= 4 is 12.0 Å². The Bertz CT molecular complexity index is 1360. The number of urea groups is 1. The summed E-state index contributed by atoms with van der Waals surface area (Å²) in [5.74, 6) is 1.28. The van der Waals surface area contributed by atoms with Crippen LogP contribution in [0.3, 0.4) is 0 Å². The van der Waals surface area contributed by atoms with Crippen LogP contribution in [0.5, 0.6) is 0 Å². The molecule has 14 heteroatoms. The Kier molecular flexibility index (Phi) is 17.9. The summed E-state index contributed by atoms with van der Waals surface area (Å²) in [6, 6.07) is 8.46. The number of carbonyl (C=O) groups is 1. The smallest absolute Gasteiger partial charge is 0.315 e. The standard InChI is InChI=1S/C19H28N6O.C17H38N6O/c1-19(2,3)17-24-12-15(16(26)25-17)14-7-5-13(6-8-14)11-22-9-4-10-23-18(20)21;1-13(9-18)11-23-12-14(21-16(24)22-17(2,3)4)8-15(23)10-20-7-6-19-5/h5-8,12,22H,4,9-11H2,1-3H3,(H4,20,21,23)(H,24,25,26);13-15,19-20H,6-12,18H2,1-5H3,(H2,21,22,24)/t;13-,14+,15-/m.0/s1. The molecule has 12 N–H and O–H groups in total. The van der Waals surface area contributed by atoms with Gasteiger partial charge < -0.3 is 48.8 Å². The van der Waals surface area contributed by atoms with Crippen LogP contribution < -0.4 is 49.3 Å². The lowest BCUT2D eigenvalue weighted by molar-refractivity contribution is 0.213. The van der Waals surface area contributed by atoms with Crippen LogP contribution >= 0.6 is 0 Å². The number of hydrogen-bond acceptors (Lipinski definition) is 9. The predicted octanol–water partition coefficient (Wildman–Crippen LogP) is 1.42. The third kappa shape index (κ3) is 16.4. The zero-order chi connectivity index (χ0) is 37.3. The van der Waals surface area contributed by atoms with Gasteiger partial charge in [-0.25, -0.2) is 9.78 Å². The van der Waals surface area contributed by atoms with E-state index in [2.05, 4.69) is 53.4 Å². The number of aromatic amines is 1. The Morgan fingerprint density at radius 2 is 1.78 bits per heavy atom. The first-order valence-corrected chi connectivity index (χ1v) is 17.9. The lowest BCUT2D eigenvalue weighted by Gasteiger charge is -2.27. The van der Waals surface area contributed by atoms with E-state index < -0.39 is 0 Å². The topological polar surface area (TPSA) is 217 Å². The molecule has 3 atom stereocenters. The molecule has 1 saturated heterocycles. The number of nitrogens with one attached hydrogen (secondary N) is 6. The van der Waals surface area contributed by atoms with Crippen LogP contribution in [0.15, 0.2) is 40.2 Å². The molecule has 1 fully saturated rings. The van der Waals surface area contributed by atoms with Gasteiger partial charge in [-0.1, -0.05) is 52.0 Å². The maximum absolute atomic E-state index is 12.4. The quantitative estimate of drug-likeness (QED) is 0.0698. The van der Waals surface area contributed by atoms with E-state index in [1.54, 1.807) is 6.20 Å². The number of aromatic nitrogens is 2. The average Bonchev–Trinajstić information content (AvgIpc) is 3.40. The molecule has 2 aromatic rings. The van der Waals surface area contributed by atoms with E-state index in [0.717, 1.165) is 69.8 Å². The van der Waals surface area contributed by atoms with Gasteiger partial charge >= 0.3 is 6.03 Å². The first-order chi connectivity index (χ1) is 23.5. The molecule has 14 nitrogen and oxygen atoms in total. The van der Waals surface area contributed by atoms with E-state index in [-0.39, 0.29) is 34.5 Å². The highest BCUT2D eigenvalue weighted by atomic mass is 16.2. The zero-order valence-corrected chi connectivity index (χ0v) is 31.8. The molecule has 50 heavy (non-hydrogen) atoms. The van der Waals surface area contributed by atoms with Gasteiger partial charge in [0.15, 0.2) is 5.96 Å². The summed E-state index contributed by atoms with van der Waals surface area (Å²) in [6.07, 6.45) is 3.49. The Balaban J connectivity index is 0.000000348. The maximum Gasteiger partial charge on any atom is 0.315 e. The van der Waals surface area contributed by atoms with E-state index in [4.69, 9.17) is 17.2 Å². The van der Waals surface area contributed by atoms with Crippen molar-refractivity contribution in [3.05, 3.63) is 52.2 Å². The summed E-state index contributed by atoms with van der Waals surface area (Å²) in [5, 5.41) is 16.1. The Hall–Kier alpha value is -3.56. The summed E-state index contributed by atoms with van der Waals surface area (Å²) < 4.78 is 0. The number of likely N-dealkylation sites (tertiary alicyclic amines) is 1. The van der Waals surface area contributed by atoms with Crippen LogP contribution in [0.2, 0.25) is 0 Å². The normalized spacial score (nSPS) is 17.1. The summed E-state index contributed by atoms with van der Waals surface area (Å²) in [7, 11) is 1.96. The Morgan fingerprint density at radius 3 is 2.36 bits per heavy atom. The number of guanidine groups is 1. The second kappa shape index (κ2) is 21.0. The Morgan fingerprint density at radius 1 is 1.08 bits per heavy atom. The summed E-state index contributed by atoms with van der Waals surface area (Å²) in [6.45, 7) is 21.8. The third-order valence-corrected chi connectivity index (χ3v) is 8.14. The molecule has 2 amide bonds. The lowest BCUT2D eigenvalue weighted by atomic mass is 9.95. The molecule has 1 aromatic heterocycles. The van der Waals surface area contributed by atoms with E-state index in [9.17, 15) is 9.59 Å². The number of amides is 2. The molecular formula is C36H66N12O2. The van der Waals surface area contributed by atoms with Gasteiger partial charge in [0.2, 0.25) is 0 Å². The highest BCUT2D eigenvalue weighted by molar-refractivity contribution is 5.75. The average molecular weight is 699 g/mol. The van der Waals surface area contributed by atoms with Crippen molar-refractivity contribution < 1.29 is 4.79 Å². The maximum atomic E-state index is 12.4. The van der Waals surface area contributed by atoms with Crippen molar-refractivity contribution in [2.75, 3.05) is 59.4 Å². The van der Waals surface area contributed by atoms with Crippen molar-refractivity contribution in [2.24, 2.45) is 28.1 Å². The van der Waals surface area contributed by atoms with Gasteiger partial charge in [-0.15, -0.1) is 0 Å². The van der Waals surface area contributed by atoms with Crippen molar-refractivity contribution in [2.45, 2.75) is 90.9 Å². The first kappa shape index (κ1) is 42.6. The van der Waals surface area contributed by atoms with Gasteiger partial charge in [-0.3, -0.25) is 14.7 Å². The fourth-order valence-electron chi connectivity index (χ4n) is 5.47. The molecule has 0 aliphatic carbocycles. The summed E-state index contributed by atoms with van der Waals surface area (Å²) >= 11 is 0. The number of carbonyl (C=O) groups excluding carboxylic acids is 1. The number of hydrogen-bond donors (Lipinski definition) is 9. The van der Waals surface area contributed by atoms with Gasteiger partial charge in [-0.05, 0) is 70.8 Å². The molecule has 1 aliphatic rings. The van der Waals surface area contributed by atoms with Crippen LogP contribution in [0.25, 0.3) is 11.1 Å². The summed E-state index contributed by atoms with van der Waals surface area (Å²) in [4.78, 5) is 38.2. The van der Waals surface area contributed by atoms with Crippen LogP contribution in [0.1, 0.15) is 72.7 Å². The number of benzene rings is 1. The van der Waals surface area contributed by atoms with Crippen LogP contribution in [-0.4, -0.2) is 104 Å². The van der Waals surface area contributed by atoms with E-state index in [1.807, 2.05) is 72.9 Å². The third-order valence-electron chi connectivity index (χ3n) is 8.14. The molecular weight excluding hydrogens is 632 g/mol. The summed E-state index contributed by atoms with van der Waals surface area (Å²) in [5.41, 5.74) is 18.4. The number of nitrogens with zero attached hydrogens (tertiary/aromatic N) is 3. The van der Waals surface area contributed by atoms with Gasteiger partial charge in [-0.2, -0.15) is 0 Å². The van der Waals surface area contributed by atoms with Gasteiger partial charge in [0.05, 0.1) is 5.56 Å². The molecule has 0 saturated carbocycles. The fourth-order valence-corrected chi connectivity index (χ4v) is 5.47. The first-order valence-electron chi connectivity index (χ1n) is 17.9. The SMILES string of the molecule is CC(C)(C)c1ncc(-c2ccc(CNCCCN=C(N)N)cc2)c(=O)[nH]1.CNCCNC[C@@H]1C[C@@H](NC(=O)NC(C)(C)C)CN1C[C@@H](C)CN. The fraction of sp³-hybridized carbons (Fsp3) is 0.667. The van der Waals surface area contributed by atoms with Gasteiger partial charge in [0, 0.05) is 75.0 Å². The van der Waals surface area contributed by atoms with Crippen LogP contribution in [0, 0.1) is 5.92 Å². The van der Waals surface area contributed by atoms with Crippen molar-refractivity contribution in [3.8, 4) is 11.1 Å². The van der Waals surface area contributed by atoms with Crippen molar-refractivity contribution in [1.82, 2.24) is 41.5 Å². The van der Waals surface area contributed by atoms with Crippen molar-refractivity contribution in [3.63, 3.8) is 0 Å². The minimum Gasteiger partial charge on any atom is -0.370 e. The van der Waals surface area contributed by atoms with Crippen LogP contribution in [-0.2, 0) is 12.0 Å². The number of nitrogens with two attached hydrogens (primary N) is 3. The molecule has 0 radical (unpaired) electrons. The molecule has 1 aliphatic heterocycles. The number of aliphatic imine (C=N–C) groups is 1. The number of rotatable bonds is 16. The second-order valence-electron chi connectivity index (χ2n) is 15.3. The monoisotopic (exact) mass is 699 g/mol. The highest BCUT2D eigenvalue weighted by Crippen LogP contribution is 2.20. The van der Waals surface area contributed by atoms with E-state index >= 15 is 0 Å². The number of likely N-dealkylation sites (N-methyl/N-ethyl adjacent to an activating group) is 1. The molecule has 282 valence electrons. The number of H-pyrrole nitrogens is 1. The molecule has 2 heterocycles. The van der Waals surface area contributed by atoms with E-state index in [0.29, 0.717) is 36.4 Å². The van der Waals surface area contributed by atoms with Crippen LogP contribution in [0.4, 0.5) is 4.79 Å². The zero-order valence-electron chi connectivity index (χ0n) is 31.8. The van der Waals surface area contributed by atoms with Crippen molar-refractivity contribution in [1.29, 1.82) is 0 Å². The highest BCUT2D eigenvalue weighted by Gasteiger charge is 2.33. The largest absolute Gasteiger partial charge is 0.370 e. The minimum absolute atomic E-state index is 0.0804. The lowest BCUT2D eigenvalue weighted by Crippen LogP contribution is -2.50.